The van der Waals surface area contributed by atoms with E-state index in [0.29, 0.717) is 23.6 Å². The molecule has 0 unspecified atom stereocenters. The van der Waals surface area contributed by atoms with Crippen LogP contribution in [0, 0.1) is 0 Å². The highest BCUT2D eigenvalue weighted by Crippen LogP contribution is 2.24. The predicted molar refractivity (Wildman–Crippen MR) is 96.6 cm³/mol. The van der Waals surface area contributed by atoms with Crippen molar-refractivity contribution in [1.29, 1.82) is 0 Å². The van der Waals surface area contributed by atoms with Gasteiger partial charge in [-0.05, 0) is 37.5 Å². The lowest BCUT2D eigenvalue weighted by Crippen LogP contribution is -2.40. The highest BCUT2D eigenvalue weighted by molar-refractivity contribution is 5.90. The standard InChI is InChI=1S/C19H28N2O4/c1-3-11-24-19(23)14-9-10-16(20)17(12-14)25-13-18(22)21(2)15-7-5-4-6-8-15/h9-10,12,15H,3-8,11,13,20H2,1-2H3. The van der Waals surface area contributed by atoms with Gasteiger partial charge in [-0.1, -0.05) is 26.2 Å². The first-order valence-electron chi connectivity index (χ1n) is 8.98. The van der Waals surface area contributed by atoms with E-state index in [2.05, 4.69) is 0 Å². The number of hydrogen-bond donors (Lipinski definition) is 1. The molecule has 138 valence electrons. The molecule has 6 nitrogen and oxygen atoms in total. The molecular formula is C19H28N2O4. The third-order valence-electron chi connectivity index (χ3n) is 4.55. The minimum atomic E-state index is -0.419. The Kier molecular flexibility index (Phi) is 7.10. The molecule has 0 spiro atoms. The lowest BCUT2D eigenvalue weighted by molar-refractivity contribution is -0.134. The van der Waals surface area contributed by atoms with E-state index >= 15 is 0 Å². The maximum absolute atomic E-state index is 12.4. The Morgan fingerprint density at radius 2 is 1.96 bits per heavy atom. The molecule has 0 atom stereocenters. The smallest absolute Gasteiger partial charge is 0.338 e. The van der Waals surface area contributed by atoms with Crippen LogP contribution in [0.25, 0.3) is 0 Å². The first kappa shape index (κ1) is 19.1. The van der Waals surface area contributed by atoms with Crippen LogP contribution in [-0.4, -0.2) is 43.1 Å². The third-order valence-corrected chi connectivity index (χ3v) is 4.55. The summed E-state index contributed by atoms with van der Waals surface area (Å²) in [6, 6.07) is 5.00. The zero-order valence-electron chi connectivity index (χ0n) is 15.1. The van der Waals surface area contributed by atoms with Gasteiger partial charge in [0.25, 0.3) is 5.91 Å². The number of nitrogens with zero attached hydrogens (tertiary/aromatic N) is 1. The van der Waals surface area contributed by atoms with E-state index < -0.39 is 5.97 Å². The third kappa shape index (κ3) is 5.37. The molecule has 0 heterocycles. The van der Waals surface area contributed by atoms with Crippen molar-refractivity contribution >= 4 is 17.6 Å². The number of nitrogens with two attached hydrogens (primary N) is 1. The molecule has 2 rings (SSSR count). The molecule has 1 fully saturated rings. The van der Waals surface area contributed by atoms with Gasteiger partial charge in [0.1, 0.15) is 5.75 Å². The van der Waals surface area contributed by atoms with Crippen molar-refractivity contribution in [2.45, 2.75) is 51.5 Å². The van der Waals surface area contributed by atoms with Crippen LogP contribution in [0.5, 0.6) is 5.75 Å². The molecule has 1 aromatic carbocycles. The molecule has 6 heteroatoms. The normalized spacial score (nSPS) is 14.8. The average molecular weight is 348 g/mol. The minimum Gasteiger partial charge on any atom is -0.482 e. The average Bonchev–Trinajstić information content (AvgIpc) is 2.65. The van der Waals surface area contributed by atoms with Crippen molar-refractivity contribution in [2.24, 2.45) is 0 Å². The summed E-state index contributed by atoms with van der Waals surface area (Å²) in [6.07, 6.45) is 6.42. The first-order valence-corrected chi connectivity index (χ1v) is 8.98. The summed E-state index contributed by atoms with van der Waals surface area (Å²) < 4.78 is 10.7. The van der Waals surface area contributed by atoms with E-state index in [1.165, 1.54) is 12.5 Å². The topological polar surface area (TPSA) is 81.9 Å². The fraction of sp³-hybridized carbons (Fsp3) is 0.579. The van der Waals surface area contributed by atoms with Crippen molar-refractivity contribution in [2.75, 3.05) is 26.0 Å². The van der Waals surface area contributed by atoms with Crippen LogP contribution >= 0.6 is 0 Å². The number of likely N-dealkylation sites (N-methyl/N-ethyl adjacent to an activating group) is 1. The molecule has 0 aromatic heterocycles. The lowest BCUT2D eigenvalue weighted by Gasteiger charge is -2.31. The molecule has 0 radical (unpaired) electrons. The summed E-state index contributed by atoms with van der Waals surface area (Å²) in [6.45, 7) is 2.20. The van der Waals surface area contributed by atoms with Gasteiger partial charge in [-0.3, -0.25) is 4.79 Å². The largest absolute Gasteiger partial charge is 0.482 e. The summed E-state index contributed by atoms with van der Waals surface area (Å²) in [4.78, 5) is 26.1. The predicted octanol–water partition coefficient (Wildman–Crippen LogP) is 3.01. The van der Waals surface area contributed by atoms with Gasteiger partial charge in [0.15, 0.2) is 6.61 Å². The molecular weight excluding hydrogens is 320 g/mol. The highest BCUT2D eigenvalue weighted by Gasteiger charge is 2.22. The second-order valence-corrected chi connectivity index (χ2v) is 6.47. The number of hydrogen-bond acceptors (Lipinski definition) is 5. The number of ether oxygens (including phenoxy) is 2. The minimum absolute atomic E-state index is 0.0785. The van der Waals surface area contributed by atoms with Gasteiger partial charge in [0.05, 0.1) is 17.9 Å². The van der Waals surface area contributed by atoms with Crippen LogP contribution in [0.1, 0.15) is 55.8 Å². The number of carbonyl (C=O) groups excluding carboxylic acids is 2. The second-order valence-electron chi connectivity index (χ2n) is 6.47. The van der Waals surface area contributed by atoms with Crippen molar-refractivity contribution < 1.29 is 19.1 Å². The number of amides is 1. The highest BCUT2D eigenvalue weighted by atomic mass is 16.5. The quantitative estimate of drug-likeness (QED) is 0.605. The van der Waals surface area contributed by atoms with Crippen molar-refractivity contribution in [3.8, 4) is 5.75 Å². The zero-order valence-corrected chi connectivity index (χ0v) is 15.1. The van der Waals surface area contributed by atoms with E-state index in [9.17, 15) is 9.59 Å². The van der Waals surface area contributed by atoms with E-state index in [4.69, 9.17) is 15.2 Å². The molecule has 0 bridgehead atoms. The Morgan fingerprint density at radius 1 is 1.24 bits per heavy atom. The number of anilines is 1. The van der Waals surface area contributed by atoms with E-state index in [1.807, 2.05) is 14.0 Å². The van der Waals surface area contributed by atoms with Crippen LogP contribution in [0.4, 0.5) is 5.69 Å². The summed E-state index contributed by atoms with van der Waals surface area (Å²) >= 11 is 0. The van der Waals surface area contributed by atoms with Crippen LogP contribution < -0.4 is 10.5 Å². The van der Waals surface area contributed by atoms with Crippen LogP contribution in [0.15, 0.2) is 18.2 Å². The van der Waals surface area contributed by atoms with E-state index in [-0.39, 0.29) is 18.6 Å². The van der Waals surface area contributed by atoms with E-state index in [0.717, 1.165) is 32.1 Å². The van der Waals surface area contributed by atoms with Crippen molar-refractivity contribution in [3.05, 3.63) is 23.8 Å². The lowest BCUT2D eigenvalue weighted by atomic mass is 9.94. The number of rotatable bonds is 7. The number of benzene rings is 1. The maximum Gasteiger partial charge on any atom is 0.338 e. The molecule has 2 N–H and O–H groups in total. The van der Waals surface area contributed by atoms with Gasteiger partial charge in [0.2, 0.25) is 0 Å². The van der Waals surface area contributed by atoms with Crippen molar-refractivity contribution in [3.63, 3.8) is 0 Å². The molecule has 25 heavy (non-hydrogen) atoms. The van der Waals surface area contributed by atoms with Gasteiger partial charge in [-0.2, -0.15) is 0 Å². The van der Waals surface area contributed by atoms with E-state index in [1.54, 1.807) is 17.0 Å². The van der Waals surface area contributed by atoms with Crippen molar-refractivity contribution in [1.82, 2.24) is 4.90 Å². The summed E-state index contributed by atoms with van der Waals surface area (Å²) in [7, 11) is 1.82. The molecule has 0 aliphatic heterocycles. The fourth-order valence-electron chi connectivity index (χ4n) is 2.98. The Morgan fingerprint density at radius 3 is 2.64 bits per heavy atom. The van der Waals surface area contributed by atoms with Crippen LogP contribution in [-0.2, 0) is 9.53 Å². The van der Waals surface area contributed by atoms with Crippen LogP contribution in [0.2, 0.25) is 0 Å². The Labute approximate surface area is 149 Å². The molecule has 1 amide bonds. The molecule has 1 aliphatic carbocycles. The Hall–Kier alpha value is -2.24. The molecule has 0 saturated heterocycles. The first-order chi connectivity index (χ1) is 12.0. The van der Waals surface area contributed by atoms with Gasteiger partial charge >= 0.3 is 5.97 Å². The Bertz CT molecular complexity index is 597. The van der Waals surface area contributed by atoms with Gasteiger partial charge in [0, 0.05) is 13.1 Å². The fourth-order valence-corrected chi connectivity index (χ4v) is 2.98. The number of carbonyl (C=O) groups is 2. The number of esters is 1. The summed E-state index contributed by atoms with van der Waals surface area (Å²) in [5.41, 5.74) is 6.65. The second kappa shape index (κ2) is 9.30. The molecule has 1 aromatic rings. The number of nitrogen functional groups attached to an aromatic ring is 1. The molecule has 1 aliphatic rings. The summed E-state index contributed by atoms with van der Waals surface area (Å²) in [5.74, 6) is -0.168. The van der Waals surface area contributed by atoms with Gasteiger partial charge in [-0.15, -0.1) is 0 Å². The monoisotopic (exact) mass is 348 g/mol. The zero-order chi connectivity index (χ0) is 18.2. The van der Waals surface area contributed by atoms with Gasteiger partial charge < -0.3 is 20.1 Å². The Balaban J connectivity index is 1.94. The maximum atomic E-state index is 12.4. The van der Waals surface area contributed by atoms with Crippen LogP contribution in [0.3, 0.4) is 0 Å². The SMILES string of the molecule is CCCOC(=O)c1ccc(N)c(OCC(=O)N(C)C2CCCCC2)c1. The summed E-state index contributed by atoms with van der Waals surface area (Å²) in [5, 5.41) is 0. The van der Waals surface area contributed by atoms with Gasteiger partial charge in [-0.25, -0.2) is 4.79 Å². The molecule has 1 saturated carbocycles.